The normalized spacial score (nSPS) is 12.6. The monoisotopic (exact) mass is 210 g/mol. The minimum absolute atomic E-state index is 0.0731. The minimum atomic E-state index is -0.125. The van der Waals surface area contributed by atoms with Gasteiger partial charge in [-0.25, -0.2) is 0 Å². The molecule has 0 aliphatic rings. The second-order valence-electron chi connectivity index (χ2n) is 3.91. The first-order valence-corrected chi connectivity index (χ1v) is 4.97. The van der Waals surface area contributed by atoms with Gasteiger partial charge in [0.15, 0.2) is 0 Å². The lowest BCUT2D eigenvalue weighted by Crippen LogP contribution is -2.25. The molecule has 0 aliphatic heterocycles. The second-order valence-corrected chi connectivity index (χ2v) is 3.91. The summed E-state index contributed by atoms with van der Waals surface area (Å²) in [5.74, 6) is 0.675. The molecule has 15 heavy (non-hydrogen) atoms. The fraction of sp³-hybridized carbons (Fsp3) is 0.600. The van der Waals surface area contributed by atoms with Crippen LogP contribution < -0.4 is 11.1 Å². The van der Waals surface area contributed by atoms with Crippen LogP contribution in [0.15, 0.2) is 0 Å². The maximum absolute atomic E-state index is 11.5. The molecule has 1 atom stereocenters. The van der Waals surface area contributed by atoms with E-state index in [0.717, 1.165) is 17.1 Å². The summed E-state index contributed by atoms with van der Waals surface area (Å²) in [6, 6.07) is -0.125. The molecule has 3 N–H and O–H groups in total. The van der Waals surface area contributed by atoms with E-state index in [1.165, 1.54) is 0 Å². The lowest BCUT2D eigenvalue weighted by Gasteiger charge is -2.08. The van der Waals surface area contributed by atoms with Crippen molar-refractivity contribution in [2.75, 3.05) is 5.32 Å². The molecule has 0 saturated carbocycles. The van der Waals surface area contributed by atoms with E-state index in [0.29, 0.717) is 6.42 Å². The number of nitrogens with one attached hydrogen (secondary N) is 1. The Bertz CT molecular complexity index is 368. The Balaban J connectivity index is 2.76. The van der Waals surface area contributed by atoms with Gasteiger partial charge in [-0.15, -0.1) is 0 Å². The number of nitrogens with zero attached hydrogens (tertiary/aromatic N) is 2. The van der Waals surface area contributed by atoms with Crippen molar-refractivity contribution in [1.82, 2.24) is 9.78 Å². The molecule has 0 bridgehead atoms. The number of amides is 1. The quantitative estimate of drug-likeness (QED) is 0.771. The molecule has 1 heterocycles. The smallest absolute Gasteiger partial charge is 0.227 e. The molecule has 5 nitrogen and oxygen atoms in total. The highest BCUT2D eigenvalue weighted by Gasteiger charge is 2.12. The molecule has 84 valence electrons. The van der Waals surface area contributed by atoms with Crippen LogP contribution in [-0.2, 0) is 11.8 Å². The maximum atomic E-state index is 11.5. The van der Waals surface area contributed by atoms with Crippen LogP contribution in [0.5, 0.6) is 0 Å². The molecule has 1 amide bonds. The molecule has 1 aromatic heterocycles. The highest BCUT2D eigenvalue weighted by molar-refractivity contribution is 5.91. The topological polar surface area (TPSA) is 72.9 Å². The number of aromatic nitrogens is 2. The maximum Gasteiger partial charge on any atom is 0.227 e. The van der Waals surface area contributed by atoms with Gasteiger partial charge in [-0.3, -0.25) is 9.48 Å². The minimum Gasteiger partial charge on any atom is -0.327 e. The first-order valence-electron chi connectivity index (χ1n) is 4.97. The number of aryl methyl sites for hydroxylation is 2. The lowest BCUT2D eigenvalue weighted by molar-refractivity contribution is -0.116. The van der Waals surface area contributed by atoms with E-state index in [9.17, 15) is 4.79 Å². The van der Waals surface area contributed by atoms with Gasteiger partial charge in [0.25, 0.3) is 0 Å². The fourth-order valence-electron chi connectivity index (χ4n) is 1.41. The predicted octanol–water partition coefficient (Wildman–Crippen LogP) is 0.713. The van der Waals surface area contributed by atoms with Crippen LogP contribution >= 0.6 is 0 Å². The highest BCUT2D eigenvalue weighted by Crippen LogP contribution is 2.16. The average Bonchev–Trinajstić information content (AvgIpc) is 2.31. The molecule has 0 aromatic carbocycles. The number of anilines is 1. The lowest BCUT2D eigenvalue weighted by atomic mass is 10.2. The number of rotatable bonds is 3. The number of carbonyl (C=O) groups excluding carboxylic acids is 1. The van der Waals surface area contributed by atoms with Gasteiger partial charge in [0.05, 0.1) is 5.69 Å². The molecule has 1 rings (SSSR count). The van der Waals surface area contributed by atoms with Gasteiger partial charge in [-0.1, -0.05) is 0 Å². The Hall–Kier alpha value is -1.36. The third-order valence-corrected chi connectivity index (χ3v) is 2.29. The van der Waals surface area contributed by atoms with Gasteiger partial charge >= 0.3 is 0 Å². The van der Waals surface area contributed by atoms with Crippen molar-refractivity contribution in [3.05, 3.63) is 11.3 Å². The van der Waals surface area contributed by atoms with Gasteiger partial charge in [-0.2, -0.15) is 5.10 Å². The Morgan fingerprint density at radius 2 is 2.20 bits per heavy atom. The van der Waals surface area contributed by atoms with E-state index in [1.807, 2.05) is 20.9 Å². The summed E-state index contributed by atoms with van der Waals surface area (Å²) in [7, 11) is 1.81. The van der Waals surface area contributed by atoms with E-state index in [4.69, 9.17) is 5.73 Å². The zero-order chi connectivity index (χ0) is 11.6. The summed E-state index contributed by atoms with van der Waals surface area (Å²) in [5.41, 5.74) is 7.47. The largest absolute Gasteiger partial charge is 0.327 e. The highest BCUT2D eigenvalue weighted by atomic mass is 16.1. The van der Waals surface area contributed by atoms with Gasteiger partial charge in [0.2, 0.25) is 5.91 Å². The van der Waals surface area contributed by atoms with Gasteiger partial charge in [-0.05, 0) is 20.8 Å². The number of nitrogens with two attached hydrogens (primary N) is 1. The van der Waals surface area contributed by atoms with Crippen molar-refractivity contribution >= 4 is 11.7 Å². The molecular weight excluding hydrogens is 192 g/mol. The zero-order valence-corrected chi connectivity index (χ0v) is 9.66. The summed E-state index contributed by atoms with van der Waals surface area (Å²) < 4.78 is 1.67. The summed E-state index contributed by atoms with van der Waals surface area (Å²) >= 11 is 0. The SMILES string of the molecule is Cc1nn(C)c(NC(=O)CC(C)N)c1C. The molecule has 0 saturated heterocycles. The Labute approximate surface area is 89.6 Å². The molecule has 0 aliphatic carbocycles. The Kier molecular flexibility index (Phi) is 3.47. The molecule has 0 radical (unpaired) electrons. The first-order chi connectivity index (χ1) is 6.91. The number of hydrogen-bond donors (Lipinski definition) is 2. The van der Waals surface area contributed by atoms with Crippen molar-refractivity contribution in [2.24, 2.45) is 12.8 Å². The van der Waals surface area contributed by atoms with Crippen molar-refractivity contribution in [2.45, 2.75) is 33.2 Å². The van der Waals surface area contributed by atoms with Crippen LogP contribution in [-0.4, -0.2) is 21.7 Å². The Morgan fingerprint density at radius 3 is 2.60 bits per heavy atom. The number of carbonyl (C=O) groups is 1. The molecule has 0 fully saturated rings. The van der Waals surface area contributed by atoms with Crippen molar-refractivity contribution in [3.63, 3.8) is 0 Å². The van der Waals surface area contributed by atoms with E-state index >= 15 is 0 Å². The summed E-state index contributed by atoms with van der Waals surface area (Å²) in [6.45, 7) is 5.65. The van der Waals surface area contributed by atoms with Gasteiger partial charge in [0, 0.05) is 25.1 Å². The standard InChI is InChI=1S/C10H18N4O/c1-6(11)5-9(15)12-10-7(2)8(3)13-14(10)4/h6H,5,11H2,1-4H3,(H,12,15). The Morgan fingerprint density at radius 1 is 1.60 bits per heavy atom. The van der Waals surface area contributed by atoms with Crippen molar-refractivity contribution in [1.29, 1.82) is 0 Å². The first kappa shape index (κ1) is 11.7. The van der Waals surface area contributed by atoms with Crippen molar-refractivity contribution < 1.29 is 4.79 Å². The molecule has 1 aromatic rings. The van der Waals surface area contributed by atoms with E-state index in [2.05, 4.69) is 10.4 Å². The van der Waals surface area contributed by atoms with Gasteiger partial charge in [0.1, 0.15) is 5.82 Å². The van der Waals surface area contributed by atoms with Crippen LogP contribution in [0.25, 0.3) is 0 Å². The van der Waals surface area contributed by atoms with Crippen molar-refractivity contribution in [3.8, 4) is 0 Å². The molecule has 1 unspecified atom stereocenters. The third-order valence-electron chi connectivity index (χ3n) is 2.29. The number of hydrogen-bond acceptors (Lipinski definition) is 3. The third kappa shape index (κ3) is 2.79. The second kappa shape index (κ2) is 4.44. The van der Waals surface area contributed by atoms with Crippen LogP contribution in [0.4, 0.5) is 5.82 Å². The summed E-state index contributed by atoms with van der Waals surface area (Å²) in [5, 5.41) is 7.03. The van der Waals surface area contributed by atoms with Gasteiger partial charge < -0.3 is 11.1 Å². The van der Waals surface area contributed by atoms with Crippen LogP contribution in [0.2, 0.25) is 0 Å². The molecular formula is C10H18N4O. The summed E-state index contributed by atoms with van der Waals surface area (Å²) in [4.78, 5) is 11.5. The zero-order valence-electron chi connectivity index (χ0n) is 9.66. The average molecular weight is 210 g/mol. The van der Waals surface area contributed by atoms with Crippen LogP contribution in [0, 0.1) is 13.8 Å². The summed E-state index contributed by atoms with van der Waals surface area (Å²) in [6.07, 6.45) is 0.323. The molecule has 5 heteroatoms. The fourth-order valence-corrected chi connectivity index (χ4v) is 1.41. The van der Waals surface area contributed by atoms with Crippen LogP contribution in [0.1, 0.15) is 24.6 Å². The van der Waals surface area contributed by atoms with E-state index < -0.39 is 0 Å². The van der Waals surface area contributed by atoms with Crippen LogP contribution in [0.3, 0.4) is 0 Å². The molecule has 0 spiro atoms. The predicted molar refractivity (Wildman–Crippen MR) is 59.6 cm³/mol. The van der Waals surface area contributed by atoms with E-state index in [-0.39, 0.29) is 11.9 Å². The van der Waals surface area contributed by atoms with E-state index in [1.54, 1.807) is 11.6 Å².